The van der Waals surface area contributed by atoms with Crippen molar-refractivity contribution in [2.24, 2.45) is 0 Å². The second kappa shape index (κ2) is 2.45. The highest BCUT2D eigenvalue weighted by molar-refractivity contribution is 7.94. The molecule has 1 N–H and O–H groups in total. The van der Waals surface area contributed by atoms with E-state index in [2.05, 4.69) is 0 Å². The second-order valence-corrected chi connectivity index (χ2v) is 6.34. The predicted octanol–water partition coefficient (Wildman–Crippen LogP) is 0.427. The molecule has 0 unspecified atom stereocenters. The molecular weight excluding hydrogens is 180 g/mol. The molecule has 1 aliphatic carbocycles. The van der Waals surface area contributed by atoms with Crippen LogP contribution in [0.5, 0.6) is 0 Å². The fourth-order valence-electron chi connectivity index (χ4n) is 0.917. The standard InChI is InChI=1S/C7H12O4S/c1-7(2,6(8)9)12(10,11)5-3-4-5/h5H,3-4H2,1-2H3,(H,8,9). The lowest BCUT2D eigenvalue weighted by atomic mass is 10.2. The van der Waals surface area contributed by atoms with E-state index in [1.807, 2.05) is 0 Å². The molecule has 0 saturated heterocycles. The van der Waals surface area contributed by atoms with Crippen LogP contribution in [-0.4, -0.2) is 29.5 Å². The van der Waals surface area contributed by atoms with E-state index in [1.165, 1.54) is 13.8 Å². The summed E-state index contributed by atoms with van der Waals surface area (Å²) in [5, 5.41) is 8.26. The fraction of sp³-hybridized carbons (Fsp3) is 0.857. The van der Waals surface area contributed by atoms with Crippen molar-refractivity contribution in [3.8, 4) is 0 Å². The summed E-state index contributed by atoms with van der Waals surface area (Å²) in [6.07, 6.45) is 1.22. The normalized spacial score (nSPS) is 19.2. The minimum absolute atomic E-state index is 0.413. The van der Waals surface area contributed by atoms with Gasteiger partial charge in [-0.3, -0.25) is 4.79 Å². The van der Waals surface area contributed by atoms with E-state index in [1.54, 1.807) is 0 Å². The first-order valence-corrected chi connectivity index (χ1v) is 5.31. The van der Waals surface area contributed by atoms with Gasteiger partial charge in [0.15, 0.2) is 14.6 Å². The molecule has 12 heavy (non-hydrogen) atoms. The average molecular weight is 192 g/mol. The Labute approximate surface area is 71.5 Å². The van der Waals surface area contributed by atoms with Crippen LogP contribution in [0, 0.1) is 0 Å². The highest BCUT2D eigenvalue weighted by atomic mass is 32.2. The third-order valence-electron chi connectivity index (χ3n) is 2.19. The van der Waals surface area contributed by atoms with Gasteiger partial charge in [0, 0.05) is 0 Å². The maximum atomic E-state index is 11.5. The summed E-state index contributed by atoms with van der Waals surface area (Å²) in [6.45, 7) is 2.48. The Morgan fingerprint density at radius 2 is 1.83 bits per heavy atom. The predicted molar refractivity (Wildman–Crippen MR) is 43.7 cm³/mol. The summed E-state index contributed by atoms with van der Waals surface area (Å²) in [5.74, 6) is -1.27. The Bertz CT molecular complexity index is 297. The summed E-state index contributed by atoms with van der Waals surface area (Å²) >= 11 is 0. The van der Waals surface area contributed by atoms with Crippen LogP contribution < -0.4 is 0 Å². The van der Waals surface area contributed by atoms with Crippen LogP contribution in [0.1, 0.15) is 26.7 Å². The van der Waals surface area contributed by atoms with Gasteiger partial charge in [-0.2, -0.15) is 0 Å². The Morgan fingerprint density at radius 1 is 1.42 bits per heavy atom. The van der Waals surface area contributed by atoms with Crippen molar-refractivity contribution >= 4 is 15.8 Å². The fourth-order valence-corrected chi connectivity index (χ4v) is 2.75. The van der Waals surface area contributed by atoms with Crippen molar-refractivity contribution in [2.75, 3.05) is 0 Å². The molecule has 0 aliphatic heterocycles. The zero-order valence-electron chi connectivity index (χ0n) is 7.07. The number of rotatable bonds is 3. The summed E-state index contributed by atoms with van der Waals surface area (Å²) < 4.78 is 21.3. The molecule has 1 rings (SSSR count). The van der Waals surface area contributed by atoms with Crippen LogP contribution in [0.4, 0.5) is 0 Å². The molecule has 0 heterocycles. The summed E-state index contributed by atoms with van der Waals surface area (Å²) in [6, 6.07) is 0. The molecule has 0 aromatic heterocycles. The van der Waals surface area contributed by atoms with Crippen molar-refractivity contribution in [1.29, 1.82) is 0 Å². The maximum Gasteiger partial charge on any atom is 0.324 e. The van der Waals surface area contributed by atoms with E-state index in [0.29, 0.717) is 12.8 Å². The number of carboxylic acid groups (broad SMARTS) is 1. The van der Waals surface area contributed by atoms with E-state index >= 15 is 0 Å². The van der Waals surface area contributed by atoms with E-state index in [-0.39, 0.29) is 0 Å². The van der Waals surface area contributed by atoms with E-state index in [4.69, 9.17) is 5.11 Å². The van der Waals surface area contributed by atoms with Crippen LogP contribution in [0.2, 0.25) is 0 Å². The second-order valence-electron chi connectivity index (χ2n) is 3.56. The quantitative estimate of drug-likeness (QED) is 0.703. The molecule has 4 nitrogen and oxygen atoms in total. The first-order valence-electron chi connectivity index (χ1n) is 3.77. The summed E-state index contributed by atoms with van der Waals surface area (Å²) in [5.41, 5.74) is 0. The Balaban J connectivity index is 3.01. The molecule has 0 radical (unpaired) electrons. The van der Waals surface area contributed by atoms with Crippen molar-refractivity contribution in [1.82, 2.24) is 0 Å². The van der Waals surface area contributed by atoms with Gasteiger partial charge in [-0.05, 0) is 26.7 Å². The molecule has 0 amide bonds. The van der Waals surface area contributed by atoms with Gasteiger partial charge in [0.05, 0.1) is 5.25 Å². The minimum atomic E-state index is -3.46. The monoisotopic (exact) mass is 192 g/mol. The number of carbonyl (C=O) groups is 1. The van der Waals surface area contributed by atoms with Gasteiger partial charge >= 0.3 is 5.97 Å². The third kappa shape index (κ3) is 1.22. The Morgan fingerprint density at radius 3 is 2.08 bits per heavy atom. The topological polar surface area (TPSA) is 71.4 Å². The van der Waals surface area contributed by atoms with E-state index in [0.717, 1.165) is 0 Å². The zero-order chi connectivity index (χ0) is 9.57. The molecular formula is C7H12O4S. The molecule has 0 spiro atoms. The van der Waals surface area contributed by atoms with E-state index in [9.17, 15) is 13.2 Å². The highest BCUT2D eigenvalue weighted by Crippen LogP contribution is 2.35. The van der Waals surface area contributed by atoms with Crippen LogP contribution in [-0.2, 0) is 14.6 Å². The lowest BCUT2D eigenvalue weighted by Gasteiger charge is -2.18. The lowest BCUT2D eigenvalue weighted by molar-refractivity contribution is -0.139. The van der Waals surface area contributed by atoms with Crippen molar-refractivity contribution < 1.29 is 18.3 Å². The number of carboxylic acids is 1. The maximum absolute atomic E-state index is 11.5. The number of aliphatic carboxylic acids is 1. The Kier molecular flexibility index (Phi) is 1.94. The van der Waals surface area contributed by atoms with E-state index < -0.39 is 25.8 Å². The van der Waals surface area contributed by atoms with Gasteiger partial charge in [0.1, 0.15) is 0 Å². The lowest BCUT2D eigenvalue weighted by Crippen LogP contribution is -2.42. The van der Waals surface area contributed by atoms with Crippen molar-refractivity contribution in [2.45, 2.75) is 36.7 Å². The molecule has 1 aliphatic rings. The summed E-state index contributed by atoms with van der Waals surface area (Å²) in [7, 11) is -3.46. The third-order valence-corrected chi connectivity index (χ3v) is 5.14. The number of hydrogen-bond donors (Lipinski definition) is 1. The first kappa shape index (κ1) is 9.51. The number of hydrogen-bond acceptors (Lipinski definition) is 3. The zero-order valence-corrected chi connectivity index (χ0v) is 7.89. The van der Waals surface area contributed by atoms with Crippen LogP contribution in [0.15, 0.2) is 0 Å². The van der Waals surface area contributed by atoms with Crippen molar-refractivity contribution in [3.63, 3.8) is 0 Å². The molecule has 5 heteroatoms. The van der Waals surface area contributed by atoms with Crippen molar-refractivity contribution in [3.05, 3.63) is 0 Å². The van der Waals surface area contributed by atoms with Gasteiger partial charge in [0.25, 0.3) is 0 Å². The molecule has 0 aromatic carbocycles. The molecule has 0 bridgehead atoms. The molecule has 0 aromatic rings. The Hall–Kier alpha value is -0.580. The largest absolute Gasteiger partial charge is 0.480 e. The van der Waals surface area contributed by atoms with Gasteiger partial charge in [-0.1, -0.05) is 0 Å². The van der Waals surface area contributed by atoms with Gasteiger partial charge < -0.3 is 5.11 Å². The molecule has 70 valence electrons. The number of sulfone groups is 1. The molecule has 0 atom stereocenters. The first-order chi connectivity index (χ1) is 5.30. The van der Waals surface area contributed by atoms with Gasteiger partial charge in [0.2, 0.25) is 0 Å². The minimum Gasteiger partial charge on any atom is -0.480 e. The van der Waals surface area contributed by atoms with Crippen LogP contribution in [0.3, 0.4) is 0 Å². The van der Waals surface area contributed by atoms with Crippen LogP contribution in [0.25, 0.3) is 0 Å². The van der Waals surface area contributed by atoms with Crippen LogP contribution >= 0.6 is 0 Å². The highest BCUT2D eigenvalue weighted by Gasteiger charge is 2.50. The summed E-state index contributed by atoms with van der Waals surface area (Å²) in [4.78, 5) is 10.6. The SMILES string of the molecule is CC(C)(C(=O)O)S(=O)(=O)C1CC1. The van der Waals surface area contributed by atoms with Gasteiger partial charge in [-0.15, -0.1) is 0 Å². The average Bonchev–Trinajstić information content (AvgIpc) is 2.66. The van der Waals surface area contributed by atoms with Gasteiger partial charge in [-0.25, -0.2) is 8.42 Å². The molecule has 1 saturated carbocycles. The smallest absolute Gasteiger partial charge is 0.324 e. The molecule has 1 fully saturated rings.